The van der Waals surface area contributed by atoms with Gasteiger partial charge < -0.3 is 19.9 Å². The molecule has 0 amide bonds. The number of ether oxygens (including phenoxy) is 1. The van der Waals surface area contributed by atoms with Gasteiger partial charge in [0.25, 0.3) is 5.56 Å². The molecule has 10 heteroatoms. The molecule has 0 unspecified atom stereocenters. The number of aromatic amines is 1. The van der Waals surface area contributed by atoms with Crippen molar-refractivity contribution in [3.8, 4) is 0 Å². The number of hydrogen-bond donors (Lipinski definition) is 2. The first-order valence-electron chi connectivity index (χ1n) is 10.8. The lowest BCUT2D eigenvalue weighted by molar-refractivity contribution is 0.186. The van der Waals surface area contributed by atoms with Crippen LogP contribution in [-0.2, 0) is 30.8 Å². The fourth-order valence-electron chi connectivity index (χ4n) is 3.67. The molecular formula is C24H26N6O4. The lowest BCUT2D eigenvalue weighted by Crippen LogP contribution is -2.38. The molecule has 0 bridgehead atoms. The quantitative estimate of drug-likeness (QED) is 0.365. The molecule has 0 atom stereocenters. The molecule has 0 fully saturated rings. The van der Waals surface area contributed by atoms with Crippen LogP contribution in [0.15, 0.2) is 74.8 Å². The fraction of sp³-hybridized carbons (Fsp3) is 0.250. The maximum atomic E-state index is 12.9. The van der Waals surface area contributed by atoms with Crippen LogP contribution in [0.3, 0.4) is 0 Å². The first kappa shape index (κ1) is 23.0. The van der Waals surface area contributed by atoms with E-state index in [0.29, 0.717) is 24.7 Å². The van der Waals surface area contributed by atoms with Gasteiger partial charge in [0.05, 0.1) is 19.7 Å². The molecule has 4 aromatic rings. The molecule has 0 saturated carbocycles. The lowest BCUT2D eigenvalue weighted by atomic mass is 10.1. The second-order valence-corrected chi connectivity index (χ2v) is 7.75. The summed E-state index contributed by atoms with van der Waals surface area (Å²) in [7, 11) is 1.53. The van der Waals surface area contributed by atoms with E-state index in [2.05, 4.69) is 15.1 Å². The molecule has 0 saturated heterocycles. The van der Waals surface area contributed by atoms with Crippen molar-refractivity contribution in [3.05, 3.63) is 104 Å². The van der Waals surface area contributed by atoms with Crippen LogP contribution in [0.1, 0.15) is 22.8 Å². The van der Waals surface area contributed by atoms with Crippen molar-refractivity contribution < 1.29 is 9.26 Å². The number of nitrogens with one attached hydrogen (secondary N) is 1. The minimum absolute atomic E-state index is 0.0470. The van der Waals surface area contributed by atoms with Gasteiger partial charge >= 0.3 is 5.69 Å². The van der Waals surface area contributed by atoms with Crippen molar-refractivity contribution in [1.29, 1.82) is 0 Å². The average Bonchev–Trinajstić information content (AvgIpc) is 3.26. The second-order valence-electron chi connectivity index (χ2n) is 7.75. The zero-order valence-corrected chi connectivity index (χ0v) is 18.8. The Morgan fingerprint density at radius 2 is 1.71 bits per heavy atom. The Labute approximate surface area is 195 Å². The first-order chi connectivity index (χ1) is 16.5. The number of H-pyrrole nitrogens is 1. The number of methoxy groups -OCH3 is 1. The maximum Gasteiger partial charge on any atom is 0.330 e. The van der Waals surface area contributed by atoms with Gasteiger partial charge in [-0.25, -0.2) is 4.79 Å². The van der Waals surface area contributed by atoms with Crippen LogP contribution in [0.25, 0.3) is 0 Å². The van der Waals surface area contributed by atoms with E-state index in [-0.39, 0.29) is 31.2 Å². The molecule has 2 aromatic heterocycles. The molecule has 0 aliphatic heterocycles. The van der Waals surface area contributed by atoms with Crippen molar-refractivity contribution in [2.45, 2.75) is 26.1 Å². The Balaban J connectivity index is 1.67. The highest BCUT2D eigenvalue weighted by atomic mass is 16.5. The van der Waals surface area contributed by atoms with Gasteiger partial charge in [-0.3, -0.25) is 14.3 Å². The normalized spacial score (nSPS) is 11.0. The van der Waals surface area contributed by atoms with Crippen LogP contribution in [0.4, 0.5) is 11.5 Å². The molecule has 0 radical (unpaired) electrons. The summed E-state index contributed by atoms with van der Waals surface area (Å²) in [5, 5.41) is 4.08. The molecule has 2 heterocycles. The largest absolute Gasteiger partial charge is 0.383 e. The average molecular weight is 463 g/mol. The third-order valence-electron chi connectivity index (χ3n) is 5.31. The molecule has 0 spiro atoms. The van der Waals surface area contributed by atoms with Gasteiger partial charge in [0, 0.05) is 20.1 Å². The van der Waals surface area contributed by atoms with Gasteiger partial charge in [0.1, 0.15) is 11.5 Å². The number of rotatable bonds is 10. The summed E-state index contributed by atoms with van der Waals surface area (Å²) in [5.74, 6) is 0.911. The van der Waals surface area contributed by atoms with Gasteiger partial charge in [-0.2, -0.15) is 4.98 Å². The summed E-state index contributed by atoms with van der Waals surface area (Å²) < 4.78 is 11.8. The third-order valence-corrected chi connectivity index (χ3v) is 5.31. The standard InChI is InChI=1S/C24H26N6O4/c1-33-13-12-30-22(25)21(23(31)27-24(30)32)29(15-18-10-6-3-7-11-18)16-20-26-19(28-34-20)14-17-8-4-2-5-9-17/h2-11H,12-16,25H2,1H3,(H,27,31,32). The topological polar surface area (TPSA) is 132 Å². The molecule has 2 aromatic carbocycles. The highest BCUT2D eigenvalue weighted by Gasteiger charge is 2.22. The monoisotopic (exact) mass is 462 g/mol. The molecule has 4 rings (SSSR count). The van der Waals surface area contributed by atoms with E-state index in [0.717, 1.165) is 11.1 Å². The summed E-state index contributed by atoms with van der Waals surface area (Å²) in [5.41, 5.74) is 7.30. The van der Waals surface area contributed by atoms with E-state index in [1.807, 2.05) is 60.7 Å². The summed E-state index contributed by atoms with van der Waals surface area (Å²) in [6.07, 6.45) is 0.521. The van der Waals surface area contributed by atoms with E-state index in [1.165, 1.54) is 11.7 Å². The van der Waals surface area contributed by atoms with E-state index >= 15 is 0 Å². The second kappa shape index (κ2) is 10.6. The highest BCUT2D eigenvalue weighted by molar-refractivity contribution is 5.62. The zero-order valence-electron chi connectivity index (χ0n) is 18.8. The Morgan fingerprint density at radius 3 is 2.38 bits per heavy atom. The smallest absolute Gasteiger partial charge is 0.330 e. The zero-order chi connectivity index (χ0) is 23.9. The molecule has 34 heavy (non-hydrogen) atoms. The minimum atomic E-state index is -0.592. The SMILES string of the molecule is COCCn1c(N)c(N(Cc2ccccc2)Cc2nc(Cc3ccccc3)no2)c(=O)[nH]c1=O. The van der Waals surface area contributed by atoms with Gasteiger partial charge in [-0.1, -0.05) is 65.8 Å². The number of nitrogens with two attached hydrogens (primary N) is 1. The Kier molecular flexibility index (Phi) is 7.19. The molecule has 176 valence electrons. The first-order valence-corrected chi connectivity index (χ1v) is 10.8. The predicted octanol–water partition coefficient (Wildman–Crippen LogP) is 1.95. The highest BCUT2D eigenvalue weighted by Crippen LogP contribution is 2.22. The van der Waals surface area contributed by atoms with E-state index in [1.54, 1.807) is 4.90 Å². The van der Waals surface area contributed by atoms with Crippen molar-refractivity contribution in [1.82, 2.24) is 19.7 Å². The predicted molar refractivity (Wildman–Crippen MR) is 127 cm³/mol. The van der Waals surface area contributed by atoms with Gasteiger partial charge in [-0.05, 0) is 11.1 Å². The van der Waals surface area contributed by atoms with Crippen molar-refractivity contribution in [3.63, 3.8) is 0 Å². The Hall–Kier alpha value is -4.18. The minimum Gasteiger partial charge on any atom is -0.383 e. The van der Waals surface area contributed by atoms with E-state index in [4.69, 9.17) is 15.0 Å². The van der Waals surface area contributed by atoms with Gasteiger partial charge in [0.2, 0.25) is 5.89 Å². The van der Waals surface area contributed by atoms with Crippen LogP contribution >= 0.6 is 0 Å². The fourth-order valence-corrected chi connectivity index (χ4v) is 3.67. The van der Waals surface area contributed by atoms with Crippen LogP contribution in [-0.4, -0.2) is 33.4 Å². The number of benzene rings is 2. The third kappa shape index (κ3) is 5.41. The van der Waals surface area contributed by atoms with Crippen molar-refractivity contribution in [2.75, 3.05) is 24.4 Å². The van der Waals surface area contributed by atoms with Gasteiger partial charge in [0.15, 0.2) is 5.82 Å². The summed E-state index contributed by atoms with van der Waals surface area (Å²) in [6, 6.07) is 19.4. The van der Waals surface area contributed by atoms with Crippen molar-refractivity contribution >= 4 is 11.5 Å². The molecule has 0 aliphatic rings. The van der Waals surface area contributed by atoms with E-state index < -0.39 is 11.2 Å². The molecule has 0 aliphatic carbocycles. The van der Waals surface area contributed by atoms with E-state index in [9.17, 15) is 9.59 Å². The van der Waals surface area contributed by atoms with Crippen LogP contribution < -0.4 is 21.9 Å². The summed E-state index contributed by atoms with van der Waals surface area (Å²) in [6.45, 7) is 0.937. The number of nitrogens with zero attached hydrogens (tertiary/aromatic N) is 4. The number of anilines is 2. The maximum absolute atomic E-state index is 12.9. The van der Waals surface area contributed by atoms with Crippen LogP contribution in [0.2, 0.25) is 0 Å². The molecule has 3 N–H and O–H groups in total. The number of nitrogen functional groups attached to an aromatic ring is 1. The number of hydrogen-bond acceptors (Lipinski definition) is 8. The Morgan fingerprint density at radius 1 is 1.03 bits per heavy atom. The number of aromatic nitrogens is 4. The lowest BCUT2D eigenvalue weighted by Gasteiger charge is -2.25. The van der Waals surface area contributed by atoms with Crippen molar-refractivity contribution in [2.24, 2.45) is 0 Å². The van der Waals surface area contributed by atoms with Crippen LogP contribution in [0, 0.1) is 0 Å². The van der Waals surface area contributed by atoms with Crippen LogP contribution in [0.5, 0.6) is 0 Å². The summed E-state index contributed by atoms with van der Waals surface area (Å²) in [4.78, 5) is 33.8. The Bertz CT molecular complexity index is 1330. The van der Waals surface area contributed by atoms with Gasteiger partial charge in [-0.15, -0.1) is 0 Å². The molecular weight excluding hydrogens is 436 g/mol. The molecule has 10 nitrogen and oxygen atoms in total. The summed E-state index contributed by atoms with van der Waals surface area (Å²) >= 11 is 0.